The second kappa shape index (κ2) is 5.61. The lowest BCUT2D eigenvalue weighted by atomic mass is 10.1. The number of rotatable bonds is 4. The first-order valence-electron chi connectivity index (χ1n) is 5.83. The zero-order valence-electron chi connectivity index (χ0n) is 10.4. The number of nitrogens with zero attached hydrogens (tertiary/aromatic N) is 3. The molecule has 0 saturated carbocycles. The predicted octanol–water partition coefficient (Wildman–Crippen LogP) is 3.21. The number of nitriles is 1. The molecule has 0 amide bonds. The van der Waals surface area contributed by atoms with Crippen LogP contribution in [0, 0.1) is 18.3 Å². The SMILES string of the molecule is CCCNc1nnc(-c2ccc(C)c(C#N)c2)s1. The van der Waals surface area contributed by atoms with Crippen molar-refractivity contribution in [2.24, 2.45) is 0 Å². The number of aryl methyl sites for hydroxylation is 1. The van der Waals surface area contributed by atoms with Crippen LogP contribution < -0.4 is 5.32 Å². The summed E-state index contributed by atoms with van der Waals surface area (Å²) in [5.41, 5.74) is 2.61. The Morgan fingerprint density at radius 1 is 1.39 bits per heavy atom. The number of anilines is 1. The van der Waals surface area contributed by atoms with Crippen LogP contribution in [0.25, 0.3) is 10.6 Å². The molecule has 0 atom stereocenters. The van der Waals surface area contributed by atoms with E-state index in [9.17, 15) is 0 Å². The van der Waals surface area contributed by atoms with Gasteiger partial charge in [0.1, 0.15) is 5.01 Å². The summed E-state index contributed by atoms with van der Waals surface area (Å²) in [5.74, 6) is 0. The Bertz CT molecular complexity index is 583. The van der Waals surface area contributed by atoms with Crippen molar-refractivity contribution in [3.63, 3.8) is 0 Å². The summed E-state index contributed by atoms with van der Waals surface area (Å²) in [6.45, 7) is 4.93. The molecule has 4 nitrogen and oxygen atoms in total. The quantitative estimate of drug-likeness (QED) is 0.914. The molecule has 1 N–H and O–H groups in total. The molecule has 5 heteroatoms. The van der Waals surface area contributed by atoms with Crippen molar-refractivity contribution in [1.29, 1.82) is 5.26 Å². The molecule has 92 valence electrons. The van der Waals surface area contributed by atoms with Crippen LogP contribution in [0.4, 0.5) is 5.13 Å². The third-order valence-corrected chi connectivity index (χ3v) is 3.49. The lowest BCUT2D eigenvalue weighted by molar-refractivity contribution is 0.964. The Morgan fingerprint density at radius 3 is 2.94 bits per heavy atom. The lowest BCUT2D eigenvalue weighted by Crippen LogP contribution is -1.98. The Balaban J connectivity index is 2.26. The fraction of sp³-hybridized carbons (Fsp3) is 0.308. The average Bonchev–Trinajstić information content (AvgIpc) is 2.85. The molecule has 2 rings (SSSR count). The highest BCUT2D eigenvalue weighted by molar-refractivity contribution is 7.18. The fourth-order valence-electron chi connectivity index (χ4n) is 1.52. The van der Waals surface area contributed by atoms with Gasteiger partial charge in [0.15, 0.2) is 0 Å². The van der Waals surface area contributed by atoms with Crippen molar-refractivity contribution in [2.75, 3.05) is 11.9 Å². The largest absolute Gasteiger partial charge is 0.360 e. The van der Waals surface area contributed by atoms with Gasteiger partial charge in [-0.1, -0.05) is 30.4 Å². The minimum absolute atomic E-state index is 0.686. The minimum Gasteiger partial charge on any atom is -0.360 e. The summed E-state index contributed by atoms with van der Waals surface area (Å²) >= 11 is 1.51. The second-order valence-electron chi connectivity index (χ2n) is 3.98. The first-order valence-corrected chi connectivity index (χ1v) is 6.64. The first-order chi connectivity index (χ1) is 8.74. The molecule has 0 saturated heterocycles. The van der Waals surface area contributed by atoms with Crippen LogP contribution in [-0.2, 0) is 0 Å². The molecule has 0 aliphatic heterocycles. The van der Waals surface area contributed by atoms with Crippen molar-refractivity contribution in [1.82, 2.24) is 10.2 Å². The number of hydrogen-bond donors (Lipinski definition) is 1. The van der Waals surface area contributed by atoms with Crippen molar-refractivity contribution in [2.45, 2.75) is 20.3 Å². The van der Waals surface area contributed by atoms with Crippen LogP contribution in [0.15, 0.2) is 18.2 Å². The number of hydrogen-bond acceptors (Lipinski definition) is 5. The number of benzene rings is 1. The molecule has 18 heavy (non-hydrogen) atoms. The maximum absolute atomic E-state index is 9.02. The smallest absolute Gasteiger partial charge is 0.206 e. The van der Waals surface area contributed by atoms with Gasteiger partial charge >= 0.3 is 0 Å². The second-order valence-corrected chi connectivity index (χ2v) is 4.96. The highest BCUT2D eigenvalue weighted by Crippen LogP contribution is 2.27. The summed E-state index contributed by atoms with van der Waals surface area (Å²) in [4.78, 5) is 0. The first kappa shape index (κ1) is 12.5. The van der Waals surface area contributed by atoms with Gasteiger partial charge in [-0.15, -0.1) is 10.2 Å². The van der Waals surface area contributed by atoms with Crippen LogP contribution in [0.5, 0.6) is 0 Å². The van der Waals surface area contributed by atoms with Crippen molar-refractivity contribution >= 4 is 16.5 Å². The van der Waals surface area contributed by atoms with Crippen LogP contribution >= 0.6 is 11.3 Å². The molecule has 1 aromatic heterocycles. The molecule has 0 unspecified atom stereocenters. The van der Waals surface area contributed by atoms with Crippen molar-refractivity contribution < 1.29 is 0 Å². The van der Waals surface area contributed by atoms with Crippen LogP contribution in [0.1, 0.15) is 24.5 Å². The molecule has 1 aromatic carbocycles. The molecule has 0 fully saturated rings. The van der Waals surface area contributed by atoms with Crippen molar-refractivity contribution in [3.05, 3.63) is 29.3 Å². The molecule has 1 heterocycles. The van der Waals surface area contributed by atoms with Gasteiger partial charge in [-0.3, -0.25) is 0 Å². The lowest BCUT2D eigenvalue weighted by Gasteiger charge is -1.99. The molecular weight excluding hydrogens is 244 g/mol. The number of aromatic nitrogens is 2. The summed E-state index contributed by atoms with van der Waals surface area (Å²) < 4.78 is 0. The summed E-state index contributed by atoms with van der Waals surface area (Å²) in [6.07, 6.45) is 1.05. The average molecular weight is 258 g/mol. The highest BCUT2D eigenvalue weighted by atomic mass is 32.1. The van der Waals surface area contributed by atoms with Gasteiger partial charge < -0.3 is 5.32 Å². The standard InChI is InChI=1S/C13H14N4S/c1-3-6-15-13-17-16-12(18-13)10-5-4-9(2)11(7-10)8-14/h4-5,7H,3,6H2,1-2H3,(H,15,17). The maximum atomic E-state index is 9.02. The van der Waals surface area contributed by atoms with E-state index in [1.54, 1.807) is 0 Å². The van der Waals surface area contributed by atoms with Crippen molar-refractivity contribution in [3.8, 4) is 16.6 Å². The van der Waals surface area contributed by atoms with Gasteiger partial charge in [0.25, 0.3) is 0 Å². The van der Waals surface area contributed by atoms with E-state index in [2.05, 4.69) is 28.5 Å². The van der Waals surface area contributed by atoms with E-state index >= 15 is 0 Å². The normalized spacial score (nSPS) is 10.1. The third kappa shape index (κ3) is 2.66. The molecular formula is C13H14N4S. The Labute approximate surface area is 110 Å². The van der Waals surface area contributed by atoms with Gasteiger partial charge in [-0.05, 0) is 25.0 Å². The maximum Gasteiger partial charge on any atom is 0.206 e. The van der Waals surface area contributed by atoms with Gasteiger partial charge in [0.05, 0.1) is 11.6 Å². The summed E-state index contributed by atoms with van der Waals surface area (Å²) in [7, 11) is 0. The Morgan fingerprint density at radius 2 is 2.22 bits per heavy atom. The van der Waals surface area contributed by atoms with Crippen LogP contribution in [0.3, 0.4) is 0 Å². The van der Waals surface area contributed by atoms with E-state index in [1.807, 2.05) is 25.1 Å². The van der Waals surface area contributed by atoms with E-state index in [-0.39, 0.29) is 0 Å². The van der Waals surface area contributed by atoms with E-state index in [4.69, 9.17) is 5.26 Å². The monoisotopic (exact) mass is 258 g/mol. The van der Waals surface area contributed by atoms with E-state index in [0.717, 1.165) is 34.2 Å². The van der Waals surface area contributed by atoms with E-state index < -0.39 is 0 Å². The minimum atomic E-state index is 0.686. The van der Waals surface area contributed by atoms with E-state index in [0.29, 0.717) is 5.56 Å². The molecule has 0 radical (unpaired) electrons. The summed E-state index contributed by atoms with van der Waals surface area (Å²) in [6, 6.07) is 7.96. The molecule has 0 spiro atoms. The third-order valence-electron chi connectivity index (χ3n) is 2.56. The van der Waals surface area contributed by atoms with Gasteiger partial charge in [0.2, 0.25) is 5.13 Å². The zero-order valence-corrected chi connectivity index (χ0v) is 11.2. The van der Waals surface area contributed by atoms with Crippen LogP contribution in [-0.4, -0.2) is 16.7 Å². The van der Waals surface area contributed by atoms with Gasteiger partial charge in [-0.2, -0.15) is 5.26 Å². The topological polar surface area (TPSA) is 61.6 Å². The molecule has 0 aliphatic carbocycles. The molecule has 0 bridgehead atoms. The Hall–Kier alpha value is -1.93. The molecule has 2 aromatic rings. The fourth-order valence-corrected chi connectivity index (χ4v) is 2.28. The van der Waals surface area contributed by atoms with E-state index in [1.165, 1.54) is 11.3 Å². The van der Waals surface area contributed by atoms with Gasteiger partial charge in [0, 0.05) is 12.1 Å². The summed E-state index contributed by atoms with van der Waals surface area (Å²) in [5, 5.41) is 22.1. The zero-order chi connectivity index (χ0) is 13.0. The number of nitrogens with one attached hydrogen (secondary N) is 1. The Kier molecular flexibility index (Phi) is 3.90. The highest BCUT2D eigenvalue weighted by Gasteiger charge is 2.08. The predicted molar refractivity (Wildman–Crippen MR) is 73.6 cm³/mol. The van der Waals surface area contributed by atoms with Gasteiger partial charge in [-0.25, -0.2) is 0 Å². The molecule has 0 aliphatic rings. The van der Waals surface area contributed by atoms with Crippen LogP contribution in [0.2, 0.25) is 0 Å².